The first-order chi connectivity index (χ1) is 15.9. The van der Waals surface area contributed by atoms with E-state index >= 15 is 0 Å². The lowest BCUT2D eigenvalue weighted by molar-refractivity contribution is 0.0766. The van der Waals surface area contributed by atoms with Crippen LogP contribution < -0.4 is 0 Å². The molecule has 5 rings (SSSR count). The number of fused-ring (bicyclic) bond motifs is 3. The zero-order chi connectivity index (χ0) is 23.2. The molecule has 3 aromatic rings. The van der Waals surface area contributed by atoms with Gasteiger partial charge < -0.3 is 14.4 Å². The van der Waals surface area contributed by atoms with Gasteiger partial charge in [-0.05, 0) is 57.6 Å². The molecule has 8 nitrogen and oxygen atoms in total. The summed E-state index contributed by atoms with van der Waals surface area (Å²) in [5.41, 5.74) is 4.56. The van der Waals surface area contributed by atoms with Gasteiger partial charge in [0.2, 0.25) is 10.0 Å². The zero-order valence-electron chi connectivity index (χ0n) is 19.2. The highest BCUT2D eigenvalue weighted by atomic mass is 32.2. The number of sulfonamides is 1. The Morgan fingerprint density at radius 2 is 1.85 bits per heavy atom. The van der Waals surface area contributed by atoms with Crippen LogP contribution in [0.3, 0.4) is 0 Å². The van der Waals surface area contributed by atoms with Gasteiger partial charge in [0, 0.05) is 37.3 Å². The van der Waals surface area contributed by atoms with Crippen LogP contribution in [-0.2, 0) is 22.9 Å². The minimum Gasteiger partial charge on any atom is -0.360 e. The Balaban J connectivity index is 1.39. The molecule has 2 aromatic heterocycles. The van der Waals surface area contributed by atoms with Gasteiger partial charge >= 0.3 is 0 Å². The first-order valence-corrected chi connectivity index (χ1v) is 13.2. The lowest BCUT2D eigenvalue weighted by atomic mass is 10.0. The lowest BCUT2D eigenvalue weighted by Crippen LogP contribution is -2.37. The highest BCUT2D eigenvalue weighted by Crippen LogP contribution is 2.31. The standard InChI is InChI=1S/C24H30N4O4S/c1-16-23(17(2)32-26-16)33(30,31)28-13-7-12-27(14-15-28)24(29)20-10-6-9-19-18-8-4-3-5-11-21(18)25-22(19)20/h6,9-10,25H,3-5,7-8,11-15H2,1-2H3. The average molecular weight is 471 g/mol. The van der Waals surface area contributed by atoms with Crippen molar-refractivity contribution in [2.24, 2.45) is 0 Å². The van der Waals surface area contributed by atoms with Gasteiger partial charge in [0.25, 0.3) is 5.91 Å². The predicted molar refractivity (Wildman–Crippen MR) is 125 cm³/mol. The monoisotopic (exact) mass is 470 g/mol. The summed E-state index contributed by atoms with van der Waals surface area (Å²) in [6.45, 7) is 4.71. The quantitative estimate of drug-likeness (QED) is 0.590. The second kappa shape index (κ2) is 8.61. The fourth-order valence-corrected chi connectivity index (χ4v) is 7.03. The maximum absolute atomic E-state index is 13.6. The van der Waals surface area contributed by atoms with Gasteiger partial charge in [-0.15, -0.1) is 0 Å². The summed E-state index contributed by atoms with van der Waals surface area (Å²) >= 11 is 0. The van der Waals surface area contributed by atoms with Crippen molar-refractivity contribution in [3.8, 4) is 0 Å². The van der Waals surface area contributed by atoms with Gasteiger partial charge in [-0.3, -0.25) is 4.79 Å². The fraction of sp³-hybridized carbons (Fsp3) is 0.500. The van der Waals surface area contributed by atoms with Crippen molar-refractivity contribution in [1.29, 1.82) is 0 Å². The Hall–Kier alpha value is -2.65. The van der Waals surface area contributed by atoms with Crippen LogP contribution >= 0.6 is 0 Å². The van der Waals surface area contributed by atoms with Crippen LogP contribution in [0.15, 0.2) is 27.6 Å². The molecule has 9 heteroatoms. The number of amides is 1. The molecule has 1 amide bonds. The van der Waals surface area contributed by atoms with E-state index in [-0.39, 0.29) is 17.3 Å². The number of carbonyl (C=O) groups excluding carboxylic acids is 1. The molecule has 0 atom stereocenters. The lowest BCUT2D eigenvalue weighted by Gasteiger charge is -2.22. The zero-order valence-corrected chi connectivity index (χ0v) is 20.0. The van der Waals surface area contributed by atoms with Crippen molar-refractivity contribution in [2.45, 2.75) is 57.3 Å². The number of para-hydroxylation sites is 1. The summed E-state index contributed by atoms with van der Waals surface area (Å²) in [6.07, 6.45) is 6.24. The van der Waals surface area contributed by atoms with E-state index in [2.05, 4.69) is 16.2 Å². The van der Waals surface area contributed by atoms with E-state index in [1.54, 1.807) is 18.7 Å². The second-order valence-electron chi connectivity index (χ2n) is 9.07. The maximum atomic E-state index is 13.6. The van der Waals surface area contributed by atoms with E-state index in [4.69, 9.17) is 4.52 Å². The number of nitrogens with zero attached hydrogens (tertiary/aromatic N) is 3. The number of hydrogen-bond donors (Lipinski definition) is 1. The molecule has 1 N–H and O–H groups in total. The number of benzene rings is 1. The molecule has 1 aliphatic carbocycles. The molecule has 1 aromatic carbocycles. The van der Waals surface area contributed by atoms with Gasteiger partial charge in [0.15, 0.2) is 5.76 Å². The van der Waals surface area contributed by atoms with Crippen LogP contribution in [0.5, 0.6) is 0 Å². The van der Waals surface area contributed by atoms with Crippen LogP contribution in [0.1, 0.15) is 58.8 Å². The molecule has 0 bridgehead atoms. The highest BCUT2D eigenvalue weighted by molar-refractivity contribution is 7.89. The molecule has 33 heavy (non-hydrogen) atoms. The Labute approximate surface area is 194 Å². The molecule has 0 radical (unpaired) electrons. The van der Waals surface area contributed by atoms with Crippen LogP contribution in [0.2, 0.25) is 0 Å². The van der Waals surface area contributed by atoms with Crippen molar-refractivity contribution >= 4 is 26.8 Å². The normalized spacial score (nSPS) is 18.2. The topological polar surface area (TPSA) is 99.5 Å². The van der Waals surface area contributed by atoms with Gasteiger partial charge in [-0.2, -0.15) is 4.31 Å². The summed E-state index contributed by atoms with van der Waals surface area (Å²) in [4.78, 5) is 19.0. The van der Waals surface area contributed by atoms with Crippen molar-refractivity contribution in [3.05, 3.63) is 46.5 Å². The molecular weight excluding hydrogens is 440 g/mol. The van der Waals surface area contributed by atoms with Gasteiger partial charge in [-0.1, -0.05) is 23.7 Å². The summed E-state index contributed by atoms with van der Waals surface area (Å²) in [6, 6.07) is 5.94. The Bertz CT molecular complexity index is 1290. The first kappa shape index (κ1) is 22.2. The largest absolute Gasteiger partial charge is 0.360 e. The molecule has 2 aliphatic rings. The SMILES string of the molecule is Cc1noc(C)c1S(=O)(=O)N1CCCN(C(=O)c2cccc3c4c([nH]c23)CCCCC4)CC1. The fourth-order valence-electron chi connectivity index (χ4n) is 5.26. The molecule has 1 aliphatic heterocycles. The number of aryl methyl sites for hydroxylation is 4. The van der Waals surface area contributed by atoms with E-state index in [1.807, 2.05) is 12.1 Å². The summed E-state index contributed by atoms with van der Waals surface area (Å²) in [5.74, 6) is 0.247. The molecule has 3 heterocycles. The molecule has 176 valence electrons. The molecule has 0 unspecified atom stereocenters. The average Bonchev–Trinajstić information content (AvgIpc) is 3.09. The molecule has 0 spiro atoms. The van der Waals surface area contributed by atoms with Crippen LogP contribution in [-0.4, -0.2) is 59.8 Å². The van der Waals surface area contributed by atoms with Crippen LogP contribution in [0.25, 0.3) is 10.9 Å². The van der Waals surface area contributed by atoms with Crippen LogP contribution in [0, 0.1) is 13.8 Å². The third-order valence-corrected chi connectivity index (χ3v) is 9.07. The summed E-state index contributed by atoms with van der Waals surface area (Å²) in [7, 11) is -3.72. The number of nitrogens with one attached hydrogen (secondary N) is 1. The number of carbonyl (C=O) groups is 1. The molecule has 0 saturated carbocycles. The smallest absolute Gasteiger partial charge is 0.256 e. The number of hydrogen-bond acceptors (Lipinski definition) is 5. The van der Waals surface area contributed by atoms with Gasteiger partial charge in [0.1, 0.15) is 10.6 Å². The van der Waals surface area contributed by atoms with Crippen molar-refractivity contribution in [2.75, 3.05) is 26.2 Å². The van der Waals surface area contributed by atoms with E-state index in [0.717, 1.165) is 23.7 Å². The van der Waals surface area contributed by atoms with E-state index in [1.165, 1.54) is 34.8 Å². The second-order valence-corrected chi connectivity index (χ2v) is 10.9. The Morgan fingerprint density at radius 3 is 2.64 bits per heavy atom. The number of H-pyrrole nitrogens is 1. The van der Waals surface area contributed by atoms with Gasteiger partial charge in [0.05, 0.1) is 11.1 Å². The van der Waals surface area contributed by atoms with Gasteiger partial charge in [-0.25, -0.2) is 8.42 Å². The minimum atomic E-state index is -3.72. The maximum Gasteiger partial charge on any atom is 0.256 e. The third kappa shape index (κ3) is 3.87. The number of aromatic amines is 1. The van der Waals surface area contributed by atoms with Crippen molar-refractivity contribution in [1.82, 2.24) is 19.3 Å². The molecule has 1 saturated heterocycles. The molecule has 1 fully saturated rings. The Kier molecular flexibility index (Phi) is 5.78. The predicted octanol–water partition coefficient (Wildman–Crippen LogP) is 3.58. The van der Waals surface area contributed by atoms with Crippen molar-refractivity contribution in [3.63, 3.8) is 0 Å². The van der Waals surface area contributed by atoms with E-state index in [0.29, 0.717) is 43.1 Å². The van der Waals surface area contributed by atoms with E-state index < -0.39 is 10.0 Å². The highest BCUT2D eigenvalue weighted by Gasteiger charge is 2.33. The minimum absolute atomic E-state index is 0.0476. The van der Waals surface area contributed by atoms with E-state index in [9.17, 15) is 13.2 Å². The third-order valence-electron chi connectivity index (χ3n) is 6.92. The summed E-state index contributed by atoms with van der Waals surface area (Å²) in [5, 5.41) is 4.95. The molecular formula is C24H30N4O4S. The number of aromatic nitrogens is 2. The Morgan fingerprint density at radius 1 is 1.03 bits per heavy atom. The first-order valence-electron chi connectivity index (χ1n) is 11.7. The van der Waals surface area contributed by atoms with Crippen molar-refractivity contribution < 1.29 is 17.7 Å². The van der Waals surface area contributed by atoms with Crippen LogP contribution in [0.4, 0.5) is 0 Å². The number of rotatable bonds is 3. The summed E-state index contributed by atoms with van der Waals surface area (Å²) < 4.78 is 33.0.